The summed E-state index contributed by atoms with van der Waals surface area (Å²) >= 11 is 0. The van der Waals surface area contributed by atoms with Gasteiger partial charge in [0.05, 0.1) is 11.4 Å². The van der Waals surface area contributed by atoms with E-state index in [0.29, 0.717) is 0 Å². The van der Waals surface area contributed by atoms with Gasteiger partial charge in [0.1, 0.15) is 0 Å². The van der Waals surface area contributed by atoms with Crippen LogP contribution in [0.2, 0.25) is 0 Å². The van der Waals surface area contributed by atoms with Crippen molar-refractivity contribution in [3.05, 3.63) is 65.2 Å². The monoisotopic (exact) mass is 236 g/mol. The fraction of sp³-hybridized carbons (Fsp3) is 0.188. The van der Waals surface area contributed by atoms with E-state index in [9.17, 15) is 0 Å². The molecular weight excluding hydrogens is 220 g/mol. The highest BCUT2D eigenvalue weighted by Crippen LogP contribution is 2.22. The van der Waals surface area contributed by atoms with Crippen molar-refractivity contribution in [3.8, 4) is 0 Å². The summed E-state index contributed by atoms with van der Waals surface area (Å²) in [5.41, 5.74) is 9.33. The van der Waals surface area contributed by atoms with Crippen LogP contribution in [0.3, 0.4) is 0 Å². The summed E-state index contributed by atoms with van der Waals surface area (Å²) in [4.78, 5) is 0. The Kier molecular flexibility index (Phi) is 2.85. The van der Waals surface area contributed by atoms with Crippen LogP contribution in [0.4, 0.5) is 5.69 Å². The first-order valence-corrected chi connectivity index (χ1v) is 6.31. The minimum Gasteiger partial charge on any atom is -0.278 e. The third-order valence-corrected chi connectivity index (χ3v) is 3.42. The van der Waals surface area contributed by atoms with Gasteiger partial charge < -0.3 is 0 Å². The van der Waals surface area contributed by atoms with Crippen molar-refractivity contribution in [2.45, 2.75) is 19.8 Å². The lowest BCUT2D eigenvalue weighted by Crippen LogP contribution is -2.00. The number of rotatable bonds is 2. The lowest BCUT2D eigenvalue weighted by molar-refractivity contribution is 1.09. The number of fused-ring (bicyclic) bond motifs is 1. The summed E-state index contributed by atoms with van der Waals surface area (Å²) in [5, 5.41) is 4.56. The molecule has 0 spiro atoms. The zero-order valence-corrected chi connectivity index (χ0v) is 10.5. The average molecular weight is 236 g/mol. The molecular formula is C16H16N2. The number of hydrazone groups is 1. The molecule has 0 bridgehead atoms. The first-order valence-electron chi connectivity index (χ1n) is 6.31. The standard InChI is InChI=1S/C16H16N2/c1-12-6-2-5-9-15(12)17-18-16-11-10-13-7-3-4-8-14(13)16/h2-9,17H,10-11H2,1H3/b18-16-. The van der Waals surface area contributed by atoms with Crippen LogP contribution in [-0.2, 0) is 6.42 Å². The van der Waals surface area contributed by atoms with Gasteiger partial charge in [0.25, 0.3) is 0 Å². The molecule has 2 aromatic carbocycles. The second kappa shape index (κ2) is 4.65. The number of aryl methyl sites for hydroxylation is 2. The van der Waals surface area contributed by atoms with Crippen LogP contribution in [0.15, 0.2) is 53.6 Å². The third-order valence-electron chi connectivity index (χ3n) is 3.42. The topological polar surface area (TPSA) is 24.4 Å². The van der Waals surface area contributed by atoms with Crippen LogP contribution in [0.1, 0.15) is 23.1 Å². The van der Waals surface area contributed by atoms with Gasteiger partial charge in [0.2, 0.25) is 0 Å². The van der Waals surface area contributed by atoms with Gasteiger partial charge in [-0.05, 0) is 37.0 Å². The maximum Gasteiger partial charge on any atom is 0.0685 e. The molecule has 0 unspecified atom stereocenters. The Hall–Kier alpha value is -2.09. The Bertz CT molecular complexity index is 600. The summed E-state index contributed by atoms with van der Waals surface area (Å²) < 4.78 is 0. The lowest BCUT2D eigenvalue weighted by atomic mass is 10.1. The molecule has 1 aliphatic rings. The van der Waals surface area contributed by atoms with Gasteiger partial charge in [0.15, 0.2) is 0 Å². The van der Waals surface area contributed by atoms with Gasteiger partial charge in [-0.3, -0.25) is 5.43 Å². The zero-order chi connectivity index (χ0) is 12.4. The minimum absolute atomic E-state index is 1.03. The van der Waals surface area contributed by atoms with Crippen molar-refractivity contribution in [1.29, 1.82) is 0 Å². The predicted octanol–water partition coefficient (Wildman–Crippen LogP) is 3.76. The molecule has 1 N–H and O–H groups in total. The van der Waals surface area contributed by atoms with Crippen molar-refractivity contribution < 1.29 is 0 Å². The number of anilines is 1. The maximum absolute atomic E-state index is 4.56. The first-order chi connectivity index (χ1) is 8.84. The molecule has 0 radical (unpaired) electrons. The van der Waals surface area contributed by atoms with E-state index >= 15 is 0 Å². The average Bonchev–Trinajstić information content (AvgIpc) is 2.81. The molecule has 90 valence electrons. The number of hydrogen-bond donors (Lipinski definition) is 1. The summed E-state index contributed by atoms with van der Waals surface area (Å²) in [6.07, 6.45) is 2.13. The fourth-order valence-electron chi connectivity index (χ4n) is 2.35. The van der Waals surface area contributed by atoms with Crippen LogP contribution in [0.5, 0.6) is 0 Å². The predicted molar refractivity (Wildman–Crippen MR) is 76.1 cm³/mol. The van der Waals surface area contributed by atoms with Gasteiger partial charge in [-0.2, -0.15) is 5.10 Å². The Labute approximate surface area is 107 Å². The smallest absolute Gasteiger partial charge is 0.0685 e. The van der Waals surface area contributed by atoms with Crippen LogP contribution in [-0.4, -0.2) is 5.71 Å². The molecule has 2 aromatic rings. The van der Waals surface area contributed by atoms with Crippen molar-refractivity contribution in [2.24, 2.45) is 5.10 Å². The highest BCUT2D eigenvalue weighted by atomic mass is 15.3. The normalized spacial score (nSPS) is 15.7. The molecule has 0 heterocycles. The molecule has 0 aliphatic heterocycles. The number of hydrogen-bond acceptors (Lipinski definition) is 2. The quantitative estimate of drug-likeness (QED) is 0.789. The third kappa shape index (κ3) is 2.02. The van der Waals surface area contributed by atoms with Crippen LogP contribution >= 0.6 is 0 Å². The van der Waals surface area contributed by atoms with E-state index in [1.165, 1.54) is 16.7 Å². The molecule has 0 aromatic heterocycles. The first kappa shape index (κ1) is 11.0. The van der Waals surface area contributed by atoms with Crippen molar-refractivity contribution >= 4 is 11.4 Å². The molecule has 0 saturated carbocycles. The molecule has 3 rings (SSSR count). The Morgan fingerprint density at radius 1 is 0.944 bits per heavy atom. The second-order valence-electron chi connectivity index (χ2n) is 4.64. The molecule has 0 saturated heterocycles. The summed E-state index contributed by atoms with van der Waals surface area (Å²) in [6, 6.07) is 16.7. The Morgan fingerprint density at radius 2 is 1.72 bits per heavy atom. The highest BCUT2D eigenvalue weighted by molar-refractivity contribution is 6.04. The number of nitrogens with one attached hydrogen (secondary N) is 1. The van der Waals surface area contributed by atoms with Gasteiger partial charge in [-0.1, -0.05) is 42.5 Å². The molecule has 2 nitrogen and oxygen atoms in total. The van der Waals surface area contributed by atoms with Crippen LogP contribution < -0.4 is 5.43 Å². The van der Waals surface area contributed by atoms with E-state index in [-0.39, 0.29) is 0 Å². The number of benzene rings is 2. The van der Waals surface area contributed by atoms with E-state index < -0.39 is 0 Å². The van der Waals surface area contributed by atoms with Gasteiger partial charge in [-0.15, -0.1) is 0 Å². The molecule has 0 fully saturated rings. The van der Waals surface area contributed by atoms with E-state index in [4.69, 9.17) is 0 Å². The molecule has 0 atom stereocenters. The van der Waals surface area contributed by atoms with Crippen LogP contribution in [0, 0.1) is 6.92 Å². The van der Waals surface area contributed by atoms with Gasteiger partial charge >= 0.3 is 0 Å². The van der Waals surface area contributed by atoms with Crippen molar-refractivity contribution in [2.75, 3.05) is 5.43 Å². The van der Waals surface area contributed by atoms with E-state index in [1.807, 2.05) is 12.1 Å². The highest BCUT2D eigenvalue weighted by Gasteiger charge is 2.16. The van der Waals surface area contributed by atoms with Gasteiger partial charge in [0, 0.05) is 5.56 Å². The Balaban J connectivity index is 1.85. The molecule has 2 heteroatoms. The van der Waals surface area contributed by atoms with Crippen molar-refractivity contribution in [1.82, 2.24) is 0 Å². The largest absolute Gasteiger partial charge is 0.278 e. The maximum atomic E-state index is 4.56. The minimum atomic E-state index is 1.03. The van der Waals surface area contributed by atoms with Crippen molar-refractivity contribution in [3.63, 3.8) is 0 Å². The molecule has 18 heavy (non-hydrogen) atoms. The molecule has 1 aliphatic carbocycles. The fourth-order valence-corrected chi connectivity index (χ4v) is 2.35. The number of nitrogens with zero attached hydrogens (tertiary/aromatic N) is 1. The second-order valence-corrected chi connectivity index (χ2v) is 4.64. The van der Waals surface area contributed by atoms with Gasteiger partial charge in [-0.25, -0.2) is 0 Å². The van der Waals surface area contributed by atoms with E-state index in [0.717, 1.165) is 24.2 Å². The summed E-state index contributed by atoms with van der Waals surface area (Å²) in [6.45, 7) is 2.09. The zero-order valence-electron chi connectivity index (χ0n) is 10.5. The van der Waals surface area contributed by atoms with Crippen LogP contribution in [0.25, 0.3) is 0 Å². The molecule has 0 amide bonds. The summed E-state index contributed by atoms with van der Waals surface area (Å²) in [5.74, 6) is 0. The lowest BCUT2D eigenvalue weighted by Gasteiger charge is -2.05. The van der Waals surface area contributed by atoms with E-state index in [2.05, 4.69) is 53.8 Å². The van der Waals surface area contributed by atoms with E-state index in [1.54, 1.807) is 0 Å². The Morgan fingerprint density at radius 3 is 2.61 bits per heavy atom. The summed E-state index contributed by atoms with van der Waals surface area (Å²) in [7, 11) is 0. The number of para-hydroxylation sites is 1. The SMILES string of the molecule is Cc1ccccc1N/N=C1/CCc2ccccc21.